The summed E-state index contributed by atoms with van der Waals surface area (Å²) in [5.74, 6) is -3.60. The SMILES string of the molecule is CC(=O)OC[C@H]1O[C@@H](O[C@@H]2[C@@H](O)[C@H](OCCc3ccc(O)c(O)c3)O[C@H](CO)[C@H]2OC(=O)/C=C/c2ccc(O)c(O)c2)[C@H](O[C@@H]2O[C@H](CO)[C@@H](O)[C@H](O)[C@H]2O)[C@@H](O)[C@@H]1O. The average Bonchev–Trinajstić information content (AvgIpc) is 3.20. The van der Waals surface area contributed by atoms with Crippen LogP contribution >= 0.6 is 0 Å². The summed E-state index contributed by atoms with van der Waals surface area (Å²) in [6.07, 6.45) is -25.2. The van der Waals surface area contributed by atoms with E-state index in [9.17, 15) is 70.9 Å². The van der Waals surface area contributed by atoms with E-state index >= 15 is 0 Å². The van der Waals surface area contributed by atoms with E-state index in [1.54, 1.807) is 0 Å². The summed E-state index contributed by atoms with van der Waals surface area (Å²) >= 11 is 0. The molecule has 0 unspecified atom stereocenters. The Hall–Kier alpha value is -4.24. The minimum atomic E-state index is -2.05. The summed E-state index contributed by atoms with van der Waals surface area (Å²) in [6.45, 7) is -1.56. The first-order valence-electron chi connectivity index (χ1n) is 18.3. The van der Waals surface area contributed by atoms with Gasteiger partial charge in [-0.2, -0.15) is 0 Å². The van der Waals surface area contributed by atoms with Gasteiger partial charge in [0.2, 0.25) is 0 Å². The van der Waals surface area contributed by atoms with Crippen LogP contribution in [0.15, 0.2) is 42.5 Å². The molecule has 22 heteroatoms. The van der Waals surface area contributed by atoms with E-state index in [0.717, 1.165) is 25.1 Å². The van der Waals surface area contributed by atoms with Crippen LogP contribution in [0.5, 0.6) is 23.0 Å². The molecule has 0 aromatic heterocycles. The number of hydrogen-bond donors (Lipinski definition) is 12. The molecule has 3 aliphatic heterocycles. The maximum Gasteiger partial charge on any atom is 0.331 e. The zero-order valence-corrected chi connectivity index (χ0v) is 31.3. The van der Waals surface area contributed by atoms with Crippen molar-refractivity contribution in [1.29, 1.82) is 0 Å². The second-order valence-electron chi connectivity index (χ2n) is 13.9. The Morgan fingerprint density at radius 1 is 0.644 bits per heavy atom. The third-order valence-corrected chi connectivity index (χ3v) is 9.70. The Labute approximate surface area is 335 Å². The lowest BCUT2D eigenvalue weighted by molar-refractivity contribution is -0.389. The molecule has 0 saturated carbocycles. The van der Waals surface area contributed by atoms with Crippen molar-refractivity contribution in [3.8, 4) is 23.0 Å². The van der Waals surface area contributed by atoms with Gasteiger partial charge in [-0.25, -0.2) is 4.79 Å². The number of benzene rings is 2. The Morgan fingerprint density at radius 3 is 1.90 bits per heavy atom. The van der Waals surface area contributed by atoms with Crippen molar-refractivity contribution in [2.24, 2.45) is 0 Å². The predicted molar refractivity (Wildman–Crippen MR) is 191 cm³/mol. The summed E-state index contributed by atoms with van der Waals surface area (Å²) in [6, 6.07) is 7.66. The highest BCUT2D eigenvalue weighted by molar-refractivity contribution is 5.87. The van der Waals surface area contributed by atoms with Crippen LogP contribution in [0.1, 0.15) is 18.1 Å². The number of ether oxygens (including phenoxy) is 8. The topological polar surface area (TPSA) is 351 Å². The van der Waals surface area contributed by atoms with Gasteiger partial charge in [0.1, 0.15) is 73.8 Å². The Bertz CT molecular complexity index is 1740. The molecule has 22 nitrogen and oxygen atoms in total. The Morgan fingerprint density at radius 2 is 1.25 bits per heavy atom. The highest BCUT2D eigenvalue weighted by Crippen LogP contribution is 2.35. The van der Waals surface area contributed by atoms with Gasteiger partial charge in [0.05, 0.1) is 19.8 Å². The number of aliphatic hydroxyl groups is 8. The van der Waals surface area contributed by atoms with Gasteiger partial charge in [0, 0.05) is 13.0 Å². The normalized spacial score (nSPS) is 35.0. The lowest BCUT2D eigenvalue weighted by Gasteiger charge is -2.49. The molecule has 59 heavy (non-hydrogen) atoms. The summed E-state index contributed by atoms with van der Waals surface area (Å²) in [4.78, 5) is 24.9. The molecule has 328 valence electrons. The fourth-order valence-corrected chi connectivity index (χ4v) is 6.46. The minimum Gasteiger partial charge on any atom is -0.504 e. The standard InChI is InChI=1S/C37H48O22/c1-15(40)53-14-24-27(47)29(49)34(59-36-30(50)28(48)26(46)22(12-38)54-36)37(56-24)58-33-31(51)35(52-9-8-17-3-6-19(42)21(44)11-17)55-23(13-39)32(33)57-25(45)7-4-16-2-5-18(41)20(43)10-16/h2-7,10-11,22-24,26-39,41-44,46-51H,8-9,12-14H2,1H3/b7-4+/t22-,23-,24-,26-,27-,28+,29+,30-,31-,32-,33-,34-,35-,36+,37+/m1/s1. The van der Waals surface area contributed by atoms with E-state index in [0.29, 0.717) is 5.56 Å². The van der Waals surface area contributed by atoms with Gasteiger partial charge in [-0.05, 0) is 47.9 Å². The number of phenolic OH excluding ortho intramolecular Hbond substituents is 4. The first-order chi connectivity index (χ1) is 28.0. The molecule has 0 spiro atoms. The Kier molecular flexibility index (Phi) is 15.8. The van der Waals surface area contributed by atoms with Crippen LogP contribution in [-0.2, 0) is 53.9 Å². The number of carbonyl (C=O) groups excluding carboxylic acids is 2. The summed E-state index contributed by atoms with van der Waals surface area (Å²) in [5, 5.41) is 125. The fraction of sp³-hybridized carbons (Fsp3) is 0.568. The molecule has 12 N–H and O–H groups in total. The van der Waals surface area contributed by atoms with Crippen LogP contribution in [0.4, 0.5) is 0 Å². The molecule has 2 aromatic carbocycles. The number of phenols is 4. The van der Waals surface area contributed by atoms with Gasteiger partial charge in [0.25, 0.3) is 0 Å². The fourth-order valence-electron chi connectivity index (χ4n) is 6.46. The van der Waals surface area contributed by atoms with Gasteiger partial charge in [-0.1, -0.05) is 12.1 Å². The van der Waals surface area contributed by atoms with E-state index in [1.165, 1.54) is 30.3 Å². The highest BCUT2D eigenvalue weighted by Gasteiger charge is 2.55. The monoisotopic (exact) mass is 844 g/mol. The maximum atomic E-state index is 13.2. The average molecular weight is 845 g/mol. The number of esters is 2. The third-order valence-electron chi connectivity index (χ3n) is 9.70. The molecule has 3 fully saturated rings. The van der Waals surface area contributed by atoms with Crippen molar-refractivity contribution < 1.29 is 109 Å². The first kappa shape index (κ1) is 45.8. The zero-order valence-electron chi connectivity index (χ0n) is 31.3. The van der Waals surface area contributed by atoms with Crippen LogP contribution in [0.2, 0.25) is 0 Å². The molecule has 2 aromatic rings. The number of rotatable bonds is 15. The molecule has 3 heterocycles. The molecule has 3 saturated heterocycles. The molecular weight excluding hydrogens is 796 g/mol. The van der Waals surface area contributed by atoms with Crippen LogP contribution < -0.4 is 0 Å². The number of hydrogen-bond acceptors (Lipinski definition) is 22. The summed E-state index contributed by atoms with van der Waals surface area (Å²) in [7, 11) is 0. The van der Waals surface area contributed by atoms with Crippen molar-refractivity contribution >= 4 is 18.0 Å². The highest BCUT2D eigenvalue weighted by atomic mass is 16.8. The molecule has 0 aliphatic carbocycles. The molecule has 5 rings (SSSR count). The number of aromatic hydroxyl groups is 4. The Balaban J connectivity index is 1.46. The molecule has 0 bridgehead atoms. The van der Waals surface area contributed by atoms with E-state index in [-0.39, 0.29) is 24.3 Å². The summed E-state index contributed by atoms with van der Waals surface area (Å²) in [5.41, 5.74) is 0.738. The van der Waals surface area contributed by atoms with Gasteiger partial charge in [-0.15, -0.1) is 0 Å². The van der Waals surface area contributed by atoms with Crippen LogP contribution in [0.3, 0.4) is 0 Å². The molecule has 3 aliphatic rings. The quantitative estimate of drug-likeness (QED) is 0.0467. The second-order valence-corrected chi connectivity index (χ2v) is 13.9. The van der Waals surface area contributed by atoms with E-state index < -0.39 is 141 Å². The van der Waals surface area contributed by atoms with Crippen molar-refractivity contribution in [2.75, 3.05) is 26.4 Å². The first-order valence-corrected chi connectivity index (χ1v) is 18.3. The van der Waals surface area contributed by atoms with Crippen molar-refractivity contribution in [1.82, 2.24) is 0 Å². The van der Waals surface area contributed by atoms with Gasteiger partial charge >= 0.3 is 11.9 Å². The smallest absolute Gasteiger partial charge is 0.331 e. The van der Waals surface area contributed by atoms with Crippen LogP contribution in [0, 0.1) is 0 Å². The third kappa shape index (κ3) is 11.1. The molecule has 0 radical (unpaired) electrons. The van der Waals surface area contributed by atoms with E-state index in [2.05, 4.69) is 0 Å². The van der Waals surface area contributed by atoms with E-state index in [4.69, 9.17) is 37.9 Å². The second kappa shape index (κ2) is 20.3. The number of aliphatic hydroxyl groups excluding tert-OH is 8. The lowest BCUT2D eigenvalue weighted by Crippen LogP contribution is -2.67. The minimum absolute atomic E-state index is 0.0917. The maximum absolute atomic E-state index is 13.2. The largest absolute Gasteiger partial charge is 0.504 e. The molecule has 15 atom stereocenters. The van der Waals surface area contributed by atoms with Crippen LogP contribution in [-0.4, -0.2) is 192 Å². The van der Waals surface area contributed by atoms with Crippen molar-refractivity contribution in [3.05, 3.63) is 53.6 Å². The van der Waals surface area contributed by atoms with Gasteiger partial charge in [0.15, 0.2) is 48.0 Å². The molecule has 0 amide bonds. The molecular formula is C37H48O22. The van der Waals surface area contributed by atoms with E-state index in [1.807, 2.05) is 0 Å². The van der Waals surface area contributed by atoms with Gasteiger partial charge in [-0.3, -0.25) is 4.79 Å². The summed E-state index contributed by atoms with van der Waals surface area (Å²) < 4.78 is 45.3. The predicted octanol–water partition coefficient (Wildman–Crippen LogP) is -3.65. The lowest BCUT2D eigenvalue weighted by atomic mass is 9.96. The van der Waals surface area contributed by atoms with Crippen LogP contribution in [0.25, 0.3) is 6.08 Å². The van der Waals surface area contributed by atoms with Crippen molar-refractivity contribution in [3.63, 3.8) is 0 Å². The van der Waals surface area contributed by atoms with Gasteiger partial charge < -0.3 is 99.2 Å². The number of carbonyl (C=O) groups is 2. The van der Waals surface area contributed by atoms with Crippen molar-refractivity contribution in [2.45, 2.75) is 105 Å². The zero-order chi connectivity index (χ0) is 43.1.